The summed E-state index contributed by atoms with van der Waals surface area (Å²) in [6.45, 7) is 6.10. The predicted octanol–water partition coefficient (Wildman–Crippen LogP) is 4.57. The average Bonchev–Trinajstić information content (AvgIpc) is 3.17. The number of carbonyl (C=O) groups is 2. The van der Waals surface area contributed by atoms with E-state index in [0.29, 0.717) is 48.3 Å². The lowest BCUT2D eigenvalue weighted by molar-refractivity contribution is -0.140. The van der Waals surface area contributed by atoms with Crippen LogP contribution < -0.4 is 14.4 Å². The normalized spacial score (nSPS) is 18.5. The van der Waals surface area contributed by atoms with Crippen molar-refractivity contribution >= 4 is 23.1 Å². The molecule has 3 heterocycles. The van der Waals surface area contributed by atoms with Crippen LogP contribution in [-0.4, -0.2) is 53.5 Å². The first kappa shape index (κ1) is 25.3. The zero-order chi connectivity index (χ0) is 26.8. The average molecular weight is 514 g/mol. The lowest BCUT2D eigenvalue weighted by Gasteiger charge is -2.28. The van der Waals surface area contributed by atoms with E-state index in [0.717, 1.165) is 11.3 Å². The van der Waals surface area contributed by atoms with E-state index in [1.807, 2.05) is 42.3 Å². The lowest BCUT2D eigenvalue weighted by Crippen LogP contribution is -2.29. The molecule has 5 rings (SSSR count). The number of amides is 1. The molecule has 38 heavy (non-hydrogen) atoms. The van der Waals surface area contributed by atoms with Crippen LogP contribution in [0, 0.1) is 5.92 Å². The summed E-state index contributed by atoms with van der Waals surface area (Å²) in [4.78, 5) is 34.5. The first-order valence-electron chi connectivity index (χ1n) is 12.7. The smallest absolute Gasteiger partial charge is 0.295 e. The van der Waals surface area contributed by atoms with Gasteiger partial charge >= 0.3 is 0 Å². The molecule has 2 aromatic carbocycles. The molecular formula is C30H31N3O5. The van der Waals surface area contributed by atoms with Crippen molar-refractivity contribution in [2.45, 2.75) is 26.4 Å². The van der Waals surface area contributed by atoms with E-state index in [9.17, 15) is 14.7 Å². The molecule has 2 aliphatic heterocycles. The number of pyridine rings is 1. The van der Waals surface area contributed by atoms with Gasteiger partial charge in [-0.2, -0.15) is 0 Å². The molecule has 1 saturated heterocycles. The monoisotopic (exact) mass is 513 g/mol. The Morgan fingerprint density at radius 3 is 2.76 bits per heavy atom. The molecule has 0 spiro atoms. The second-order valence-electron chi connectivity index (χ2n) is 10.0. The van der Waals surface area contributed by atoms with Crippen molar-refractivity contribution in [2.75, 3.05) is 31.7 Å². The Hall–Kier alpha value is -4.33. The van der Waals surface area contributed by atoms with E-state index in [-0.39, 0.29) is 17.9 Å². The second-order valence-corrected chi connectivity index (χ2v) is 10.0. The topological polar surface area (TPSA) is 92.2 Å². The first-order valence-corrected chi connectivity index (χ1v) is 12.7. The van der Waals surface area contributed by atoms with Crippen molar-refractivity contribution in [3.63, 3.8) is 0 Å². The summed E-state index contributed by atoms with van der Waals surface area (Å²) >= 11 is 0. The largest absolute Gasteiger partial charge is 0.507 e. The Morgan fingerprint density at radius 1 is 1.16 bits per heavy atom. The highest BCUT2D eigenvalue weighted by molar-refractivity contribution is 6.46. The molecule has 1 fully saturated rings. The molecule has 1 amide bonds. The van der Waals surface area contributed by atoms with Gasteiger partial charge in [0.05, 0.1) is 30.5 Å². The summed E-state index contributed by atoms with van der Waals surface area (Å²) in [5.41, 5.74) is 2.75. The highest BCUT2D eigenvalue weighted by Crippen LogP contribution is 2.42. The Labute approximate surface area is 222 Å². The van der Waals surface area contributed by atoms with Gasteiger partial charge in [0.25, 0.3) is 11.7 Å². The van der Waals surface area contributed by atoms with Crippen LogP contribution in [0.5, 0.6) is 11.5 Å². The summed E-state index contributed by atoms with van der Waals surface area (Å²) in [7, 11) is 1.95. The van der Waals surface area contributed by atoms with Crippen molar-refractivity contribution in [3.05, 3.63) is 89.3 Å². The van der Waals surface area contributed by atoms with Crippen LogP contribution in [0.25, 0.3) is 5.76 Å². The summed E-state index contributed by atoms with van der Waals surface area (Å²) in [6, 6.07) is 15.5. The molecule has 0 aliphatic carbocycles. The quantitative estimate of drug-likeness (QED) is 0.281. The Morgan fingerprint density at radius 2 is 2.00 bits per heavy atom. The predicted molar refractivity (Wildman–Crippen MR) is 144 cm³/mol. The minimum atomic E-state index is -0.803. The standard InChI is InChI=1S/C30H31N3O5/c1-19(2)18-38-23-8-4-7-21(14-23)27-26(29(35)30(36)33(27)17-20-6-5-11-31-16-20)28(34)22-9-10-25-24(15-22)32(3)12-13-37-25/h4-11,14-16,19,27,34H,12-13,17-18H2,1-3H3/b28-26-. The van der Waals surface area contributed by atoms with Crippen molar-refractivity contribution in [1.82, 2.24) is 9.88 Å². The Bertz CT molecular complexity index is 1390. The zero-order valence-corrected chi connectivity index (χ0v) is 21.8. The number of aliphatic hydroxyl groups excluding tert-OH is 1. The van der Waals surface area contributed by atoms with E-state index in [1.165, 1.54) is 4.90 Å². The van der Waals surface area contributed by atoms with Crippen LogP contribution >= 0.6 is 0 Å². The molecule has 8 nitrogen and oxygen atoms in total. The maximum atomic E-state index is 13.5. The van der Waals surface area contributed by atoms with Crippen LogP contribution in [0.3, 0.4) is 0 Å². The lowest BCUT2D eigenvalue weighted by atomic mass is 9.94. The van der Waals surface area contributed by atoms with E-state index in [1.54, 1.807) is 36.7 Å². The number of nitrogens with zero attached hydrogens (tertiary/aromatic N) is 3. The number of likely N-dealkylation sites (tertiary alicyclic amines) is 1. The number of carbonyl (C=O) groups excluding carboxylic acids is 2. The van der Waals surface area contributed by atoms with Crippen molar-refractivity contribution in [1.29, 1.82) is 0 Å². The number of anilines is 1. The fourth-order valence-corrected chi connectivity index (χ4v) is 4.77. The molecule has 1 unspecified atom stereocenters. The van der Waals surface area contributed by atoms with Gasteiger partial charge in [0.2, 0.25) is 0 Å². The third-order valence-corrected chi connectivity index (χ3v) is 6.70. The number of fused-ring (bicyclic) bond motifs is 1. The van der Waals surface area contributed by atoms with Gasteiger partial charge in [0.15, 0.2) is 0 Å². The summed E-state index contributed by atoms with van der Waals surface area (Å²) in [5.74, 6) is 0.0486. The number of ketones is 1. The molecule has 8 heteroatoms. The molecule has 1 N–H and O–H groups in total. The molecule has 1 aromatic heterocycles. The molecule has 3 aromatic rings. The van der Waals surface area contributed by atoms with Crippen LogP contribution in [0.2, 0.25) is 0 Å². The van der Waals surface area contributed by atoms with Gasteiger partial charge in [-0.3, -0.25) is 14.6 Å². The van der Waals surface area contributed by atoms with Gasteiger partial charge in [-0.15, -0.1) is 0 Å². The van der Waals surface area contributed by atoms with Gasteiger partial charge in [-0.05, 0) is 53.4 Å². The number of hydrogen-bond donors (Lipinski definition) is 1. The highest BCUT2D eigenvalue weighted by Gasteiger charge is 2.46. The number of aliphatic hydroxyl groups is 1. The second kappa shape index (κ2) is 10.6. The minimum absolute atomic E-state index is 0.0410. The molecule has 1 atom stereocenters. The Kier molecular flexibility index (Phi) is 7.05. The highest BCUT2D eigenvalue weighted by atomic mass is 16.5. The molecule has 2 aliphatic rings. The summed E-state index contributed by atoms with van der Waals surface area (Å²) in [5, 5.41) is 11.5. The van der Waals surface area contributed by atoms with Crippen molar-refractivity contribution in [3.8, 4) is 11.5 Å². The van der Waals surface area contributed by atoms with E-state index in [4.69, 9.17) is 9.47 Å². The molecule has 0 saturated carbocycles. The van der Waals surface area contributed by atoms with Gasteiger partial charge in [0, 0.05) is 31.5 Å². The van der Waals surface area contributed by atoms with Crippen LogP contribution in [0.4, 0.5) is 5.69 Å². The zero-order valence-electron chi connectivity index (χ0n) is 21.8. The number of Topliss-reactive ketones (excluding diaryl/α,β-unsaturated/α-hetero) is 1. The molecular weight excluding hydrogens is 482 g/mol. The fraction of sp³-hybridized carbons (Fsp3) is 0.300. The first-order chi connectivity index (χ1) is 18.3. The van der Waals surface area contributed by atoms with Crippen LogP contribution in [-0.2, 0) is 16.1 Å². The molecule has 0 radical (unpaired) electrons. The van der Waals surface area contributed by atoms with Crippen molar-refractivity contribution < 1.29 is 24.2 Å². The number of hydrogen-bond acceptors (Lipinski definition) is 7. The van der Waals surface area contributed by atoms with Crippen LogP contribution in [0.1, 0.15) is 36.6 Å². The maximum Gasteiger partial charge on any atom is 0.295 e. The number of aromatic nitrogens is 1. The number of rotatable bonds is 7. The minimum Gasteiger partial charge on any atom is -0.507 e. The van der Waals surface area contributed by atoms with Crippen molar-refractivity contribution in [2.24, 2.45) is 5.92 Å². The van der Waals surface area contributed by atoms with Crippen LogP contribution in [0.15, 0.2) is 72.6 Å². The van der Waals surface area contributed by atoms with Gasteiger partial charge < -0.3 is 24.4 Å². The molecule has 0 bridgehead atoms. The summed E-state index contributed by atoms with van der Waals surface area (Å²) in [6.07, 6.45) is 3.32. The van der Waals surface area contributed by atoms with E-state index < -0.39 is 17.7 Å². The Balaban J connectivity index is 1.62. The third-order valence-electron chi connectivity index (χ3n) is 6.70. The number of likely N-dealkylation sites (N-methyl/N-ethyl adjacent to an activating group) is 1. The SMILES string of the molecule is CC(C)COc1cccc(C2/C(=C(/O)c3ccc4c(c3)N(C)CCO4)C(=O)C(=O)N2Cc2cccnc2)c1. The molecule has 196 valence electrons. The van der Waals surface area contributed by atoms with Gasteiger partial charge in [0.1, 0.15) is 23.9 Å². The van der Waals surface area contributed by atoms with E-state index >= 15 is 0 Å². The van der Waals surface area contributed by atoms with Gasteiger partial charge in [-0.1, -0.05) is 32.0 Å². The fourth-order valence-electron chi connectivity index (χ4n) is 4.77. The number of benzene rings is 2. The number of ether oxygens (including phenoxy) is 2. The third kappa shape index (κ3) is 4.94. The van der Waals surface area contributed by atoms with Gasteiger partial charge in [-0.25, -0.2) is 0 Å². The summed E-state index contributed by atoms with van der Waals surface area (Å²) < 4.78 is 11.7. The maximum absolute atomic E-state index is 13.5. The van der Waals surface area contributed by atoms with E-state index in [2.05, 4.69) is 18.8 Å².